The highest BCUT2D eigenvalue weighted by Crippen LogP contribution is 2.16. The number of carbonyl (C=O) groups excluding carboxylic acids is 1. The number of carbonyl (C=O) groups is 1. The fourth-order valence-corrected chi connectivity index (χ4v) is 1.62. The third kappa shape index (κ3) is 2.35. The Bertz CT molecular complexity index is 237. The Balaban J connectivity index is 2.52. The van der Waals surface area contributed by atoms with Crippen molar-refractivity contribution in [3.63, 3.8) is 0 Å². The van der Waals surface area contributed by atoms with Crippen molar-refractivity contribution in [3.8, 4) is 0 Å². The number of nitrogens with zero attached hydrogens (tertiary/aromatic N) is 1. The molecular weight excluding hydrogens is 176 g/mol. The summed E-state index contributed by atoms with van der Waals surface area (Å²) in [4.78, 5) is 13.7. The first-order valence-corrected chi connectivity index (χ1v) is 5.27. The minimum absolute atomic E-state index is 0.0815. The molecule has 0 aromatic heterocycles. The van der Waals surface area contributed by atoms with Gasteiger partial charge in [0, 0.05) is 13.1 Å². The number of rotatable bonds is 3. The highest BCUT2D eigenvalue weighted by Gasteiger charge is 2.27. The minimum atomic E-state index is -0.342. The molecule has 0 spiro atoms. The zero-order valence-electron chi connectivity index (χ0n) is 9.12. The number of nitrogens with two attached hydrogens (primary N) is 1. The topological polar surface area (TPSA) is 46.3 Å². The van der Waals surface area contributed by atoms with Crippen molar-refractivity contribution < 1.29 is 4.79 Å². The van der Waals surface area contributed by atoms with Gasteiger partial charge in [0.1, 0.15) is 0 Å². The van der Waals surface area contributed by atoms with Crippen LogP contribution in [0.1, 0.15) is 26.7 Å². The highest BCUT2D eigenvalue weighted by atomic mass is 16.2. The van der Waals surface area contributed by atoms with Gasteiger partial charge in [0.15, 0.2) is 0 Å². The van der Waals surface area contributed by atoms with E-state index in [-0.39, 0.29) is 17.9 Å². The van der Waals surface area contributed by atoms with Gasteiger partial charge >= 0.3 is 0 Å². The maximum Gasteiger partial charge on any atom is 0.240 e. The lowest BCUT2D eigenvalue weighted by atomic mass is 9.99. The Morgan fingerprint density at radius 1 is 1.71 bits per heavy atom. The molecule has 1 fully saturated rings. The van der Waals surface area contributed by atoms with Gasteiger partial charge in [-0.05, 0) is 12.3 Å². The standard InChI is InChI=1S/C11H20N2O/c1-4-9(3)10(12)11(14)13-6-5-8(2)7-13/h9-10H,2,4-7,12H2,1,3H3. The van der Waals surface area contributed by atoms with Crippen LogP contribution >= 0.6 is 0 Å². The molecule has 0 aromatic rings. The van der Waals surface area contributed by atoms with Crippen molar-refractivity contribution >= 4 is 5.91 Å². The molecule has 0 saturated carbocycles. The van der Waals surface area contributed by atoms with Crippen LogP contribution < -0.4 is 5.73 Å². The Kier molecular flexibility index (Phi) is 3.69. The minimum Gasteiger partial charge on any atom is -0.337 e. The summed E-state index contributed by atoms with van der Waals surface area (Å²) in [7, 11) is 0. The molecule has 1 heterocycles. The van der Waals surface area contributed by atoms with Crippen LogP contribution in [0.4, 0.5) is 0 Å². The number of likely N-dealkylation sites (tertiary alicyclic amines) is 1. The first kappa shape index (κ1) is 11.2. The van der Waals surface area contributed by atoms with Crippen LogP contribution in [0.15, 0.2) is 12.2 Å². The molecule has 2 N–H and O–H groups in total. The molecule has 1 aliphatic heterocycles. The van der Waals surface area contributed by atoms with Crippen LogP contribution in [0.5, 0.6) is 0 Å². The molecule has 3 nitrogen and oxygen atoms in total. The van der Waals surface area contributed by atoms with Gasteiger partial charge in [-0.1, -0.05) is 32.4 Å². The summed E-state index contributed by atoms with van der Waals surface area (Å²) >= 11 is 0. The van der Waals surface area contributed by atoms with E-state index < -0.39 is 0 Å². The van der Waals surface area contributed by atoms with E-state index in [0.29, 0.717) is 6.54 Å². The van der Waals surface area contributed by atoms with Crippen molar-refractivity contribution in [1.29, 1.82) is 0 Å². The van der Waals surface area contributed by atoms with Crippen molar-refractivity contribution in [1.82, 2.24) is 4.90 Å². The molecule has 2 atom stereocenters. The van der Waals surface area contributed by atoms with Crippen molar-refractivity contribution in [3.05, 3.63) is 12.2 Å². The second-order valence-electron chi connectivity index (χ2n) is 4.17. The Morgan fingerprint density at radius 3 is 2.79 bits per heavy atom. The highest BCUT2D eigenvalue weighted by molar-refractivity contribution is 5.82. The second-order valence-corrected chi connectivity index (χ2v) is 4.17. The van der Waals surface area contributed by atoms with Gasteiger partial charge in [-0.25, -0.2) is 0 Å². The quantitative estimate of drug-likeness (QED) is 0.688. The zero-order chi connectivity index (χ0) is 10.7. The van der Waals surface area contributed by atoms with Crippen LogP contribution in [0.2, 0.25) is 0 Å². The summed E-state index contributed by atoms with van der Waals surface area (Å²) in [5.74, 6) is 0.342. The van der Waals surface area contributed by atoms with E-state index >= 15 is 0 Å². The van der Waals surface area contributed by atoms with Crippen LogP contribution in [0, 0.1) is 5.92 Å². The molecule has 0 aliphatic carbocycles. The SMILES string of the molecule is C=C1CCN(C(=O)C(N)C(C)CC)C1. The average Bonchev–Trinajstić information content (AvgIpc) is 2.61. The lowest BCUT2D eigenvalue weighted by Gasteiger charge is -2.23. The zero-order valence-corrected chi connectivity index (χ0v) is 9.12. The van der Waals surface area contributed by atoms with Crippen LogP contribution in [-0.4, -0.2) is 29.9 Å². The van der Waals surface area contributed by atoms with Gasteiger partial charge in [-0.3, -0.25) is 4.79 Å². The molecule has 0 aromatic carbocycles. The lowest BCUT2D eigenvalue weighted by molar-refractivity contribution is -0.132. The Morgan fingerprint density at radius 2 is 2.36 bits per heavy atom. The maximum absolute atomic E-state index is 11.9. The molecule has 1 saturated heterocycles. The van der Waals surface area contributed by atoms with E-state index in [0.717, 1.165) is 25.0 Å². The van der Waals surface area contributed by atoms with E-state index in [2.05, 4.69) is 13.5 Å². The predicted octanol–water partition coefficient (Wildman–Crippen LogP) is 1.15. The Hall–Kier alpha value is -0.830. The third-order valence-corrected chi connectivity index (χ3v) is 3.00. The van der Waals surface area contributed by atoms with Crippen LogP contribution in [-0.2, 0) is 4.79 Å². The fraction of sp³-hybridized carbons (Fsp3) is 0.727. The molecule has 14 heavy (non-hydrogen) atoms. The van der Waals surface area contributed by atoms with Crippen molar-refractivity contribution in [2.24, 2.45) is 11.7 Å². The smallest absolute Gasteiger partial charge is 0.240 e. The fourth-order valence-electron chi connectivity index (χ4n) is 1.62. The van der Waals surface area contributed by atoms with Crippen molar-refractivity contribution in [2.75, 3.05) is 13.1 Å². The summed E-state index contributed by atoms with van der Waals surface area (Å²) in [5.41, 5.74) is 7.01. The van der Waals surface area contributed by atoms with E-state index in [9.17, 15) is 4.79 Å². The summed E-state index contributed by atoms with van der Waals surface area (Å²) in [6.07, 6.45) is 1.88. The summed E-state index contributed by atoms with van der Waals surface area (Å²) in [6, 6.07) is -0.342. The Labute approximate surface area is 86.0 Å². The lowest BCUT2D eigenvalue weighted by Crippen LogP contribution is -2.45. The van der Waals surface area contributed by atoms with Gasteiger partial charge in [0.05, 0.1) is 6.04 Å². The molecule has 1 rings (SSSR count). The molecule has 1 aliphatic rings. The molecule has 80 valence electrons. The average molecular weight is 196 g/mol. The largest absolute Gasteiger partial charge is 0.337 e. The first-order chi connectivity index (χ1) is 6.56. The van der Waals surface area contributed by atoms with Gasteiger partial charge in [0.25, 0.3) is 0 Å². The van der Waals surface area contributed by atoms with E-state index in [1.165, 1.54) is 0 Å². The van der Waals surface area contributed by atoms with Crippen LogP contribution in [0.25, 0.3) is 0 Å². The maximum atomic E-state index is 11.9. The molecule has 0 bridgehead atoms. The normalized spacial score (nSPS) is 21.1. The van der Waals surface area contributed by atoms with E-state index in [1.807, 2.05) is 11.8 Å². The number of amides is 1. The van der Waals surface area contributed by atoms with Crippen LogP contribution in [0.3, 0.4) is 0 Å². The van der Waals surface area contributed by atoms with E-state index in [1.54, 1.807) is 0 Å². The van der Waals surface area contributed by atoms with Gasteiger partial charge in [-0.15, -0.1) is 0 Å². The van der Waals surface area contributed by atoms with Gasteiger partial charge in [-0.2, -0.15) is 0 Å². The molecular formula is C11H20N2O. The molecule has 0 radical (unpaired) electrons. The predicted molar refractivity (Wildman–Crippen MR) is 57.8 cm³/mol. The molecule has 2 unspecified atom stereocenters. The molecule has 3 heteroatoms. The number of hydrogen-bond acceptors (Lipinski definition) is 2. The monoisotopic (exact) mass is 196 g/mol. The first-order valence-electron chi connectivity index (χ1n) is 5.27. The second kappa shape index (κ2) is 4.60. The molecule has 1 amide bonds. The van der Waals surface area contributed by atoms with Gasteiger partial charge < -0.3 is 10.6 Å². The van der Waals surface area contributed by atoms with Gasteiger partial charge in [0.2, 0.25) is 5.91 Å². The third-order valence-electron chi connectivity index (χ3n) is 3.00. The van der Waals surface area contributed by atoms with E-state index in [4.69, 9.17) is 5.73 Å². The summed E-state index contributed by atoms with van der Waals surface area (Å²) < 4.78 is 0. The van der Waals surface area contributed by atoms with Crippen molar-refractivity contribution in [2.45, 2.75) is 32.7 Å². The summed E-state index contributed by atoms with van der Waals surface area (Å²) in [5, 5.41) is 0. The summed E-state index contributed by atoms with van der Waals surface area (Å²) in [6.45, 7) is 9.44. The number of hydrogen-bond donors (Lipinski definition) is 1.